The molecule has 0 fully saturated rings. The third kappa shape index (κ3) is 2.38. The van der Waals surface area contributed by atoms with Gasteiger partial charge in [-0.15, -0.1) is 11.3 Å². The molecule has 0 saturated heterocycles. The van der Waals surface area contributed by atoms with Crippen molar-refractivity contribution >= 4 is 27.3 Å². The van der Waals surface area contributed by atoms with E-state index in [2.05, 4.69) is 15.9 Å². The highest BCUT2D eigenvalue weighted by molar-refractivity contribution is 9.10. The van der Waals surface area contributed by atoms with Crippen molar-refractivity contribution in [2.24, 2.45) is 0 Å². The van der Waals surface area contributed by atoms with Gasteiger partial charge < -0.3 is 14.6 Å². The Hall–Kier alpha value is -1.04. The number of aliphatic hydroxyl groups excluding tert-OH is 1. The van der Waals surface area contributed by atoms with Crippen LogP contribution in [-0.4, -0.2) is 18.3 Å². The summed E-state index contributed by atoms with van der Waals surface area (Å²) in [5, 5.41) is 12.5. The molecule has 19 heavy (non-hydrogen) atoms. The summed E-state index contributed by atoms with van der Waals surface area (Å²) >= 11 is 5.05. The molecule has 3 rings (SSSR count). The summed E-state index contributed by atoms with van der Waals surface area (Å²) in [6.07, 6.45) is -0.648. The molecule has 0 amide bonds. The second-order valence-electron chi connectivity index (χ2n) is 4.39. The summed E-state index contributed by atoms with van der Waals surface area (Å²) in [7, 11) is 0. The SMILES string of the molecule is Cc1ccsc1C(O)c1cc2c(cc1Br)OCCO2. The highest BCUT2D eigenvalue weighted by Gasteiger charge is 2.21. The van der Waals surface area contributed by atoms with Crippen LogP contribution in [0, 0.1) is 6.92 Å². The van der Waals surface area contributed by atoms with Gasteiger partial charge in [0.2, 0.25) is 0 Å². The lowest BCUT2D eigenvalue weighted by Gasteiger charge is -2.21. The molecule has 1 aromatic heterocycles. The zero-order valence-corrected chi connectivity index (χ0v) is 12.8. The number of hydrogen-bond acceptors (Lipinski definition) is 4. The Morgan fingerprint density at radius 2 is 1.95 bits per heavy atom. The number of rotatable bonds is 2. The number of benzene rings is 1. The van der Waals surface area contributed by atoms with Gasteiger partial charge in [-0.25, -0.2) is 0 Å². The van der Waals surface area contributed by atoms with E-state index in [4.69, 9.17) is 9.47 Å². The van der Waals surface area contributed by atoms with E-state index in [1.54, 1.807) is 11.3 Å². The van der Waals surface area contributed by atoms with Gasteiger partial charge in [-0.05, 0) is 36.1 Å². The number of fused-ring (bicyclic) bond motifs is 1. The van der Waals surface area contributed by atoms with E-state index in [0.29, 0.717) is 19.0 Å². The number of ether oxygens (including phenoxy) is 2. The summed E-state index contributed by atoms with van der Waals surface area (Å²) < 4.78 is 11.9. The largest absolute Gasteiger partial charge is 0.486 e. The molecule has 1 aromatic carbocycles. The quantitative estimate of drug-likeness (QED) is 0.906. The zero-order valence-electron chi connectivity index (χ0n) is 10.4. The molecule has 1 aliphatic rings. The van der Waals surface area contributed by atoms with Gasteiger partial charge in [-0.1, -0.05) is 15.9 Å². The first-order valence-electron chi connectivity index (χ1n) is 5.98. The van der Waals surface area contributed by atoms with E-state index in [0.717, 1.165) is 26.2 Å². The Morgan fingerprint density at radius 1 is 1.26 bits per heavy atom. The van der Waals surface area contributed by atoms with E-state index in [1.807, 2.05) is 30.5 Å². The predicted molar refractivity (Wildman–Crippen MR) is 78.2 cm³/mol. The average Bonchev–Trinajstić information content (AvgIpc) is 2.83. The molecule has 100 valence electrons. The first-order valence-corrected chi connectivity index (χ1v) is 7.65. The first-order chi connectivity index (χ1) is 9.16. The Balaban J connectivity index is 2.03. The van der Waals surface area contributed by atoms with Gasteiger partial charge >= 0.3 is 0 Å². The monoisotopic (exact) mass is 340 g/mol. The Bertz CT molecular complexity index is 609. The van der Waals surface area contributed by atoms with Gasteiger partial charge in [0.25, 0.3) is 0 Å². The van der Waals surface area contributed by atoms with Crippen molar-refractivity contribution in [1.29, 1.82) is 0 Å². The fourth-order valence-corrected chi connectivity index (χ4v) is 3.56. The molecular formula is C14H13BrO3S. The van der Waals surface area contributed by atoms with Crippen LogP contribution in [0.5, 0.6) is 11.5 Å². The average molecular weight is 341 g/mol. The maximum Gasteiger partial charge on any atom is 0.162 e. The molecule has 0 aliphatic carbocycles. The van der Waals surface area contributed by atoms with E-state index < -0.39 is 6.10 Å². The Labute approximate surface area is 123 Å². The third-order valence-corrected chi connectivity index (χ3v) is 4.86. The van der Waals surface area contributed by atoms with Crippen molar-refractivity contribution in [3.63, 3.8) is 0 Å². The van der Waals surface area contributed by atoms with Crippen LogP contribution < -0.4 is 9.47 Å². The van der Waals surface area contributed by atoms with Crippen LogP contribution in [-0.2, 0) is 0 Å². The molecule has 0 spiro atoms. The van der Waals surface area contributed by atoms with Crippen LogP contribution in [0.1, 0.15) is 22.1 Å². The summed E-state index contributed by atoms with van der Waals surface area (Å²) in [6.45, 7) is 3.11. The summed E-state index contributed by atoms with van der Waals surface area (Å²) in [4.78, 5) is 0.956. The van der Waals surface area contributed by atoms with E-state index >= 15 is 0 Å². The minimum absolute atomic E-state index is 0.544. The molecule has 0 saturated carbocycles. The number of aliphatic hydroxyl groups is 1. The lowest BCUT2D eigenvalue weighted by atomic mass is 10.0. The zero-order chi connectivity index (χ0) is 13.4. The minimum atomic E-state index is -0.648. The molecule has 0 bridgehead atoms. The number of halogens is 1. The fourth-order valence-electron chi connectivity index (χ4n) is 2.10. The standard InChI is InChI=1S/C14H13BrO3S/c1-8-2-5-19-14(8)13(16)9-6-11-12(7-10(9)15)18-4-3-17-11/h2,5-7,13,16H,3-4H2,1H3. The van der Waals surface area contributed by atoms with Crippen molar-refractivity contribution < 1.29 is 14.6 Å². The van der Waals surface area contributed by atoms with Gasteiger partial charge in [-0.3, -0.25) is 0 Å². The number of aryl methyl sites for hydroxylation is 1. The Morgan fingerprint density at radius 3 is 2.58 bits per heavy atom. The van der Waals surface area contributed by atoms with E-state index in [1.165, 1.54) is 0 Å². The molecule has 1 atom stereocenters. The predicted octanol–water partition coefficient (Wildman–Crippen LogP) is 3.67. The van der Waals surface area contributed by atoms with Crippen LogP contribution in [0.4, 0.5) is 0 Å². The van der Waals surface area contributed by atoms with Crippen LogP contribution >= 0.6 is 27.3 Å². The summed E-state index contributed by atoms with van der Waals surface area (Å²) in [5.41, 5.74) is 1.90. The van der Waals surface area contributed by atoms with Crippen LogP contribution in [0.25, 0.3) is 0 Å². The maximum absolute atomic E-state index is 10.5. The van der Waals surface area contributed by atoms with Crippen molar-refractivity contribution in [2.75, 3.05) is 13.2 Å². The molecule has 0 radical (unpaired) electrons. The van der Waals surface area contributed by atoms with Gasteiger partial charge in [0.05, 0.1) is 0 Å². The summed E-state index contributed by atoms with van der Waals surface area (Å²) in [5.74, 6) is 1.41. The molecule has 3 nitrogen and oxygen atoms in total. The van der Waals surface area contributed by atoms with Crippen LogP contribution in [0.3, 0.4) is 0 Å². The van der Waals surface area contributed by atoms with Gasteiger partial charge in [-0.2, -0.15) is 0 Å². The first kappa shape index (κ1) is 13.0. The van der Waals surface area contributed by atoms with Crippen molar-refractivity contribution in [2.45, 2.75) is 13.0 Å². The maximum atomic E-state index is 10.5. The number of thiophene rings is 1. The van der Waals surface area contributed by atoms with E-state index in [-0.39, 0.29) is 0 Å². The smallest absolute Gasteiger partial charge is 0.162 e. The molecule has 1 aliphatic heterocycles. The molecular weight excluding hydrogens is 328 g/mol. The van der Waals surface area contributed by atoms with Gasteiger partial charge in [0.1, 0.15) is 19.3 Å². The molecule has 1 N–H and O–H groups in total. The highest BCUT2D eigenvalue weighted by Crippen LogP contribution is 2.40. The van der Waals surface area contributed by atoms with Crippen molar-refractivity contribution in [3.05, 3.63) is 44.1 Å². The minimum Gasteiger partial charge on any atom is -0.486 e. The van der Waals surface area contributed by atoms with E-state index in [9.17, 15) is 5.11 Å². The van der Waals surface area contributed by atoms with Crippen LogP contribution in [0.2, 0.25) is 0 Å². The van der Waals surface area contributed by atoms with Crippen molar-refractivity contribution in [3.8, 4) is 11.5 Å². The van der Waals surface area contributed by atoms with Gasteiger partial charge in [0, 0.05) is 14.9 Å². The third-order valence-electron chi connectivity index (χ3n) is 3.11. The normalized spacial score (nSPS) is 15.3. The van der Waals surface area contributed by atoms with Crippen LogP contribution in [0.15, 0.2) is 28.1 Å². The van der Waals surface area contributed by atoms with Crippen molar-refractivity contribution in [1.82, 2.24) is 0 Å². The Kier molecular flexibility index (Phi) is 3.52. The molecule has 2 aromatic rings. The lowest BCUT2D eigenvalue weighted by molar-refractivity contribution is 0.169. The van der Waals surface area contributed by atoms with Gasteiger partial charge in [0.15, 0.2) is 11.5 Å². The fraction of sp³-hybridized carbons (Fsp3) is 0.286. The topological polar surface area (TPSA) is 38.7 Å². The molecule has 2 heterocycles. The molecule has 1 unspecified atom stereocenters. The highest BCUT2D eigenvalue weighted by atomic mass is 79.9. The second kappa shape index (κ2) is 5.15. The molecule has 5 heteroatoms. The number of hydrogen-bond donors (Lipinski definition) is 1. The second-order valence-corrected chi connectivity index (χ2v) is 6.19. The lowest BCUT2D eigenvalue weighted by Crippen LogP contribution is -2.16. The summed E-state index contributed by atoms with van der Waals surface area (Å²) in [6, 6.07) is 5.72.